The average molecular weight is 234 g/mol. The Morgan fingerprint density at radius 2 is 2.00 bits per heavy atom. The van der Waals surface area contributed by atoms with E-state index in [9.17, 15) is 13.2 Å². The molecule has 2 N–H and O–H groups in total. The number of nitrogen functional groups attached to an aromatic ring is 1. The Balaban J connectivity index is 3.08. The van der Waals surface area contributed by atoms with Crippen LogP contribution in [0.15, 0.2) is 6.07 Å². The summed E-state index contributed by atoms with van der Waals surface area (Å²) in [5, 5.41) is 0. The third-order valence-corrected chi connectivity index (χ3v) is 1.97. The van der Waals surface area contributed by atoms with E-state index in [0.717, 1.165) is 12.5 Å². The van der Waals surface area contributed by atoms with Gasteiger partial charge in [-0.05, 0) is 6.42 Å². The molecule has 0 bridgehead atoms. The molecule has 1 aromatic rings. The van der Waals surface area contributed by atoms with Crippen LogP contribution in [-0.2, 0) is 6.18 Å². The fraction of sp³-hybridized carbons (Fsp3) is 0.556. The second kappa shape index (κ2) is 4.54. The van der Waals surface area contributed by atoms with Crippen molar-refractivity contribution in [3.8, 4) is 0 Å². The van der Waals surface area contributed by atoms with E-state index in [1.165, 1.54) is 0 Å². The molecule has 4 nitrogen and oxygen atoms in total. The third kappa shape index (κ3) is 2.98. The second-order valence-corrected chi connectivity index (χ2v) is 3.39. The zero-order valence-corrected chi connectivity index (χ0v) is 9.04. The zero-order chi connectivity index (χ0) is 12.3. The van der Waals surface area contributed by atoms with Crippen molar-refractivity contribution >= 4 is 11.8 Å². The molecular weight excluding hydrogens is 221 g/mol. The number of halogens is 3. The Kier molecular flexibility index (Phi) is 3.56. The topological polar surface area (TPSA) is 55.0 Å². The molecule has 0 aliphatic rings. The first-order chi connectivity index (χ1) is 7.34. The largest absolute Gasteiger partial charge is 0.433 e. The van der Waals surface area contributed by atoms with Crippen LogP contribution in [0.2, 0.25) is 0 Å². The number of hydrogen-bond donors (Lipinski definition) is 1. The van der Waals surface area contributed by atoms with E-state index < -0.39 is 11.9 Å². The minimum Gasteiger partial charge on any atom is -0.368 e. The molecule has 0 spiro atoms. The lowest BCUT2D eigenvalue weighted by Gasteiger charge is -2.18. The minimum absolute atomic E-state index is 0.182. The summed E-state index contributed by atoms with van der Waals surface area (Å²) in [6, 6.07) is 0.895. The van der Waals surface area contributed by atoms with Crippen LogP contribution in [-0.4, -0.2) is 23.6 Å². The summed E-state index contributed by atoms with van der Waals surface area (Å²) in [7, 11) is 1.66. The molecule has 7 heteroatoms. The van der Waals surface area contributed by atoms with Gasteiger partial charge in [-0.25, -0.2) is 4.98 Å². The molecule has 0 saturated heterocycles. The normalized spacial score (nSPS) is 11.6. The first-order valence-corrected chi connectivity index (χ1v) is 4.77. The molecule has 90 valence electrons. The SMILES string of the molecule is CCCN(C)c1cc(C(F)(F)F)nc(N)n1. The summed E-state index contributed by atoms with van der Waals surface area (Å²) in [6.07, 6.45) is -3.69. The van der Waals surface area contributed by atoms with Gasteiger partial charge in [0.25, 0.3) is 0 Å². The monoisotopic (exact) mass is 234 g/mol. The molecule has 0 aliphatic carbocycles. The van der Waals surface area contributed by atoms with Gasteiger partial charge in [-0.15, -0.1) is 0 Å². The van der Waals surface area contributed by atoms with Gasteiger partial charge in [0.1, 0.15) is 5.82 Å². The second-order valence-electron chi connectivity index (χ2n) is 3.39. The molecule has 0 aromatic carbocycles. The highest BCUT2D eigenvalue weighted by atomic mass is 19.4. The highest BCUT2D eigenvalue weighted by Crippen LogP contribution is 2.29. The number of rotatable bonds is 3. The van der Waals surface area contributed by atoms with Crippen LogP contribution in [0.3, 0.4) is 0 Å². The standard InChI is InChI=1S/C9H13F3N4/c1-3-4-16(2)7-5-6(9(10,11)12)14-8(13)15-7/h5H,3-4H2,1-2H3,(H2,13,14,15). The predicted octanol–water partition coefficient (Wildman–Crippen LogP) is 1.92. The van der Waals surface area contributed by atoms with Crippen LogP contribution in [0.4, 0.5) is 24.9 Å². The maximum absolute atomic E-state index is 12.4. The van der Waals surface area contributed by atoms with Crippen LogP contribution >= 0.6 is 0 Å². The molecule has 0 unspecified atom stereocenters. The van der Waals surface area contributed by atoms with Gasteiger partial charge in [-0.2, -0.15) is 18.2 Å². The number of anilines is 2. The van der Waals surface area contributed by atoms with E-state index >= 15 is 0 Å². The van der Waals surface area contributed by atoms with Gasteiger partial charge in [0, 0.05) is 19.7 Å². The van der Waals surface area contributed by atoms with Crippen LogP contribution in [0.1, 0.15) is 19.0 Å². The van der Waals surface area contributed by atoms with Crippen molar-refractivity contribution in [1.82, 2.24) is 9.97 Å². The van der Waals surface area contributed by atoms with Crippen molar-refractivity contribution in [1.29, 1.82) is 0 Å². The first kappa shape index (κ1) is 12.5. The summed E-state index contributed by atoms with van der Waals surface area (Å²) < 4.78 is 37.3. The van der Waals surface area contributed by atoms with E-state index in [-0.39, 0.29) is 11.8 Å². The number of hydrogen-bond acceptors (Lipinski definition) is 4. The summed E-state index contributed by atoms with van der Waals surface area (Å²) >= 11 is 0. The lowest BCUT2D eigenvalue weighted by molar-refractivity contribution is -0.141. The smallest absolute Gasteiger partial charge is 0.368 e. The summed E-state index contributed by atoms with van der Waals surface area (Å²) in [6.45, 7) is 2.53. The van der Waals surface area contributed by atoms with Gasteiger partial charge in [0.2, 0.25) is 5.95 Å². The quantitative estimate of drug-likeness (QED) is 0.868. The molecule has 0 aliphatic heterocycles. The van der Waals surface area contributed by atoms with Gasteiger partial charge < -0.3 is 10.6 Å². The summed E-state index contributed by atoms with van der Waals surface area (Å²) in [5.41, 5.74) is 4.23. The number of nitrogens with two attached hydrogens (primary N) is 1. The lowest BCUT2D eigenvalue weighted by Crippen LogP contribution is -2.21. The van der Waals surface area contributed by atoms with Crippen molar-refractivity contribution in [2.45, 2.75) is 19.5 Å². The molecule has 16 heavy (non-hydrogen) atoms. The van der Waals surface area contributed by atoms with E-state index in [4.69, 9.17) is 5.73 Å². The Hall–Kier alpha value is -1.53. The maximum atomic E-state index is 12.4. The van der Waals surface area contributed by atoms with E-state index in [0.29, 0.717) is 6.54 Å². The fourth-order valence-electron chi connectivity index (χ4n) is 1.24. The highest BCUT2D eigenvalue weighted by molar-refractivity contribution is 5.43. The molecule has 0 radical (unpaired) electrons. The van der Waals surface area contributed by atoms with Gasteiger partial charge in [0.15, 0.2) is 5.69 Å². The Morgan fingerprint density at radius 1 is 1.38 bits per heavy atom. The number of alkyl halides is 3. The number of aromatic nitrogens is 2. The predicted molar refractivity (Wildman–Crippen MR) is 55.0 cm³/mol. The van der Waals surface area contributed by atoms with Gasteiger partial charge in [-0.3, -0.25) is 0 Å². The lowest BCUT2D eigenvalue weighted by atomic mass is 10.3. The van der Waals surface area contributed by atoms with Gasteiger partial charge in [0.05, 0.1) is 0 Å². The van der Waals surface area contributed by atoms with Crippen LogP contribution in [0.25, 0.3) is 0 Å². The molecule has 1 aromatic heterocycles. The molecule has 0 saturated carbocycles. The number of nitrogens with zero attached hydrogens (tertiary/aromatic N) is 3. The molecule has 0 amide bonds. The molecule has 1 heterocycles. The summed E-state index contributed by atoms with van der Waals surface area (Å²) in [5.74, 6) is -0.186. The van der Waals surface area contributed by atoms with Crippen molar-refractivity contribution in [2.75, 3.05) is 24.2 Å². The molecule has 1 rings (SSSR count). The van der Waals surface area contributed by atoms with E-state index in [1.807, 2.05) is 6.92 Å². The van der Waals surface area contributed by atoms with E-state index in [1.54, 1.807) is 11.9 Å². The van der Waals surface area contributed by atoms with Crippen LogP contribution in [0.5, 0.6) is 0 Å². The van der Waals surface area contributed by atoms with Crippen molar-refractivity contribution in [2.24, 2.45) is 0 Å². The average Bonchev–Trinajstić information content (AvgIpc) is 2.16. The molecule has 0 atom stereocenters. The Bertz CT molecular complexity index is 364. The van der Waals surface area contributed by atoms with E-state index in [2.05, 4.69) is 9.97 Å². The van der Waals surface area contributed by atoms with Crippen LogP contribution < -0.4 is 10.6 Å². The van der Waals surface area contributed by atoms with Crippen LogP contribution in [0, 0.1) is 0 Å². The van der Waals surface area contributed by atoms with Gasteiger partial charge >= 0.3 is 6.18 Å². The maximum Gasteiger partial charge on any atom is 0.433 e. The Labute approximate surface area is 91.3 Å². The van der Waals surface area contributed by atoms with Crippen molar-refractivity contribution < 1.29 is 13.2 Å². The summed E-state index contributed by atoms with van der Waals surface area (Å²) in [4.78, 5) is 8.53. The third-order valence-electron chi connectivity index (χ3n) is 1.97. The molecule has 0 fully saturated rings. The molecular formula is C9H13F3N4. The van der Waals surface area contributed by atoms with Crippen molar-refractivity contribution in [3.63, 3.8) is 0 Å². The fourth-order valence-corrected chi connectivity index (χ4v) is 1.24. The van der Waals surface area contributed by atoms with Crippen molar-refractivity contribution in [3.05, 3.63) is 11.8 Å². The van der Waals surface area contributed by atoms with Gasteiger partial charge in [-0.1, -0.05) is 6.92 Å². The zero-order valence-electron chi connectivity index (χ0n) is 9.04. The highest BCUT2D eigenvalue weighted by Gasteiger charge is 2.33. The minimum atomic E-state index is -4.50. The Morgan fingerprint density at radius 3 is 2.50 bits per heavy atom. The first-order valence-electron chi connectivity index (χ1n) is 4.77.